The Kier molecular flexibility index (Phi) is 6.93. The van der Waals surface area contributed by atoms with E-state index >= 15 is 0 Å². The summed E-state index contributed by atoms with van der Waals surface area (Å²) in [6.45, 7) is 0.843. The quantitative estimate of drug-likeness (QED) is 0.704. The Labute approximate surface area is 148 Å². The van der Waals surface area contributed by atoms with Gasteiger partial charge in [-0.1, -0.05) is 41.9 Å². The molecule has 0 heterocycles. The molecule has 0 spiro atoms. The second kappa shape index (κ2) is 8.94. The first-order valence-electron chi connectivity index (χ1n) is 7.45. The molecule has 0 bridgehead atoms. The maximum absolute atomic E-state index is 11.5. The molecule has 7 heteroatoms. The number of rotatable bonds is 8. The molecule has 2 rings (SSSR count). The van der Waals surface area contributed by atoms with Crippen LogP contribution in [0.3, 0.4) is 0 Å². The van der Waals surface area contributed by atoms with Crippen molar-refractivity contribution in [3.05, 3.63) is 70.2 Å². The highest BCUT2D eigenvalue weighted by Gasteiger charge is 2.12. The van der Waals surface area contributed by atoms with Crippen LogP contribution in [0.4, 0.5) is 0 Å². The van der Waals surface area contributed by atoms with Crippen molar-refractivity contribution in [3.63, 3.8) is 0 Å². The largest absolute Gasteiger partial charge is 0.366 e. The SMILES string of the molecule is NC(=O)c1ccc(CCN(CCc2ccccc2Cl)S(=O)O)cc1. The van der Waals surface area contributed by atoms with E-state index < -0.39 is 17.2 Å². The molecule has 0 aliphatic heterocycles. The van der Waals surface area contributed by atoms with Gasteiger partial charge in [0.1, 0.15) is 0 Å². The fraction of sp³-hybridized carbons (Fsp3) is 0.235. The number of hydrogen-bond acceptors (Lipinski definition) is 2. The number of benzene rings is 2. The molecule has 0 aromatic heterocycles. The molecular formula is C17H19ClN2O3S. The number of carbonyl (C=O) groups is 1. The van der Waals surface area contributed by atoms with Gasteiger partial charge >= 0.3 is 0 Å². The van der Waals surface area contributed by atoms with Crippen LogP contribution in [0.2, 0.25) is 5.02 Å². The minimum Gasteiger partial charge on any atom is -0.366 e. The van der Waals surface area contributed by atoms with Crippen LogP contribution < -0.4 is 5.73 Å². The molecule has 0 aliphatic rings. The van der Waals surface area contributed by atoms with Gasteiger partial charge in [0, 0.05) is 23.7 Å². The van der Waals surface area contributed by atoms with Gasteiger partial charge in [-0.2, -0.15) is 0 Å². The summed E-state index contributed by atoms with van der Waals surface area (Å²) in [5.41, 5.74) is 7.56. The number of carbonyl (C=O) groups excluding carboxylic acids is 1. The predicted molar refractivity (Wildman–Crippen MR) is 96.2 cm³/mol. The van der Waals surface area contributed by atoms with Crippen molar-refractivity contribution in [3.8, 4) is 0 Å². The maximum Gasteiger partial charge on any atom is 0.248 e. The van der Waals surface area contributed by atoms with Gasteiger partial charge in [-0.25, -0.2) is 8.51 Å². The summed E-state index contributed by atoms with van der Waals surface area (Å²) < 4.78 is 22.4. The van der Waals surface area contributed by atoms with Crippen LogP contribution in [0, 0.1) is 0 Å². The molecule has 3 N–H and O–H groups in total. The second-order valence-corrected chi connectivity index (χ2v) is 6.70. The van der Waals surface area contributed by atoms with Crippen LogP contribution in [-0.4, -0.2) is 32.1 Å². The summed E-state index contributed by atoms with van der Waals surface area (Å²) in [5, 5.41) is 0.656. The van der Waals surface area contributed by atoms with Gasteiger partial charge in [0.25, 0.3) is 0 Å². The molecule has 5 nitrogen and oxygen atoms in total. The molecule has 1 amide bonds. The van der Waals surface area contributed by atoms with Crippen molar-refractivity contribution >= 4 is 28.8 Å². The highest BCUT2D eigenvalue weighted by molar-refractivity contribution is 7.76. The van der Waals surface area contributed by atoms with Crippen LogP contribution in [0.5, 0.6) is 0 Å². The number of nitrogens with two attached hydrogens (primary N) is 1. The van der Waals surface area contributed by atoms with E-state index in [9.17, 15) is 13.6 Å². The van der Waals surface area contributed by atoms with Crippen LogP contribution in [0.25, 0.3) is 0 Å². The summed E-state index contributed by atoms with van der Waals surface area (Å²) in [7, 11) is 0. The zero-order valence-electron chi connectivity index (χ0n) is 13.0. The fourth-order valence-corrected chi connectivity index (χ4v) is 3.03. The molecule has 0 saturated heterocycles. The predicted octanol–water partition coefficient (Wildman–Crippen LogP) is 2.66. The van der Waals surface area contributed by atoms with Gasteiger partial charge in [-0.05, 0) is 42.2 Å². The first-order valence-corrected chi connectivity index (χ1v) is 8.89. The Bertz CT molecular complexity index is 722. The topological polar surface area (TPSA) is 83.6 Å². The summed E-state index contributed by atoms with van der Waals surface area (Å²) in [4.78, 5) is 11.0. The van der Waals surface area contributed by atoms with Crippen LogP contribution in [-0.2, 0) is 24.1 Å². The fourth-order valence-electron chi connectivity index (χ4n) is 2.30. The molecule has 128 valence electrons. The van der Waals surface area contributed by atoms with E-state index in [1.807, 2.05) is 18.2 Å². The minimum absolute atomic E-state index is 0.420. The Morgan fingerprint density at radius 2 is 1.71 bits per heavy atom. The lowest BCUT2D eigenvalue weighted by molar-refractivity contribution is 0.100. The zero-order chi connectivity index (χ0) is 17.5. The summed E-state index contributed by atoms with van der Waals surface area (Å²) >= 11 is 4.05. The number of halogens is 1. The van der Waals surface area contributed by atoms with Gasteiger partial charge in [0.2, 0.25) is 17.2 Å². The van der Waals surface area contributed by atoms with E-state index in [1.54, 1.807) is 30.3 Å². The molecular weight excluding hydrogens is 348 g/mol. The van der Waals surface area contributed by atoms with Gasteiger partial charge in [0.05, 0.1) is 0 Å². The lowest BCUT2D eigenvalue weighted by Crippen LogP contribution is -2.30. The lowest BCUT2D eigenvalue weighted by atomic mass is 10.1. The number of nitrogens with zero attached hydrogens (tertiary/aromatic N) is 1. The Morgan fingerprint density at radius 1 is 1.08 bits per heavy atom. The Balaban J connectivity index is 1.92. The van der Waals surface area contributed by atoms with Gasteiger partial charge < -0.3 is 5.73 Å². The first kappa shape index (κ1) is 18.6. The van der Waals surface area contributed by atoms with Crippen molar-refractivity contribution in [2.24, 2.45) is 5.73 Å². The number of primary amides is 1. The van der Waals surface area contributed by atoms with E-state index in [4.69, 9.17) is 17.3 Å². The van der Waals surface area contributed by atoms with E-state index in [1.165, 1.54) is 4.31 Å². The molecule has 24 heavy (non-hydrogen) atoms. The van der Waals surface area contributed by atoms with Crippen molar-refractivity contribution in [1.29, 1.82) is 0 Å². The van der Waals surface area contributed by atoms with E-state index in [2.05, 4.69) is 0 Å². The van der Waals surface area contributed by atoms with Crippen molar-refractivity contribution in [2.75, 3.05) is 13.1 Å². The molecule has 1 atom stereocenters. The molecule has 0 radical (unpaired) electrons. The monoisotopic (exact) mass is 366 g/mol. The molecule has 2 aromatic rings. The molecule has 0 fully saturated rings. The van der Waals surface area contributed by atoms with Crippen molar-refractivity contribution in [1.82, 2.24) is 4.31 Å². The summed E-state index contributed by atoms with van der Waals surface area (Å²) in [6.07, 6.45) is 1.18. The minimum atomic E-state index is -2.05. The van der Waals surface area contributed by atoms with Gasteiger partial charge in [-0.15, -0.1) is 0 Å². The second-order valence-electron chi connectivity index (χ2n) is 5.31. The van der Waals surface area contributed by atoms with Gasteiger partial charge in [-0.3, -0.25) is 9.35 Å². The molecule has 1 unspecified atom stereocenters. The van der Waals surface area contributed by atoms with Crippen LogP contribution >= 0.6 is 11.6 Å². The van der Waals surface area contributed by atoms with Crippen LogP contribution in [0.1, 0.15) is 21.5 Å². The molecule has 2 aromatic carbocycles. The summed E-state index contributed by atoms with van der Waals surface area (Å²) in [6, 6.07) is 14.4. The number of hydrogen-bond donors (Lipinski definition) is 2. The average Bonchev–Trinajstić information content (AvgIpc) is 2.56. The van der Waals surface area contributed by atoms with Gasteiger partial charge in [0.15, 0.2) is 0 Å². The normalized spacial score (nSPS) is 12.3. The smallest absolute Gasteiger partial charge is 0.248 e. The third-order valence-electron chi connectivity index (χ3n) is 3.70. The third-order valence-corrected chi connectivity index (χ3v) is 4.87. The highest BCUT2D eigenvalue weighted by Crippen LogP contribution is 2.16. The molecule has 0 saturated carbocycles. The van der Waals surface area contributed by atoms with E-state index in [0.29, 0.717) is 36.5 Å². The number of amides is 1. The summed E-state index contributed by atoms with van der Waals surface area (Å²) in [5.74, 6) is -0.473. The van der Waals surface area contributed by atoms with Crippen LogP contribution in [0.15, 0.2) is 48.5 Å². The zero-order valence-corrected chi connectivity index (χ0v) is 14.6. The van der Waals surface area contributed by atoms with Crippen molar-refractivity contribution < 1.29 is 13.6 Å². The lowest BCUT2D eigenvalue weighted by Gasteiger charge is -2.18. The average molecular weight is 367 g/mol. The van der Waals surface area contributed by atoms with Crippen molar-refractivity contribution in [2.45, 2.75) is 12.8 Å². The van der Waals surface area contributed by atoms with E-state index in [-0.39, 0.29) is 0 Å². The first-order chi connectivity index (χ1) is 11.5. The third kappa shape index (κ3) is 5.42. The molecule has 0 aliphatic carbocycles. The maximum atomic E-state index is 11.5. The Morgan fingerprint density at radius 3 is 2.29 bits per heavy atom. The standard InChI is InChI=1S/C17H19ClN2O3S/c18-16-4-2-1-3-14(16)10-12-20(24(22)23)11-9-13-5-7-15(8-6-13)17(19)21/h1-8H,9-12H2,(H2,19,21)(H,22,23). The highest BCUT2D eigenvalue weighted by atomic mass is 35.5. The Hall–Kier alpha value is -1.73. The van der Waals surface area contributed by atoms with E-state index in [0.717, 1.165) is 11.1 Å².